The second kappa shape index (κ2) is 6.77. The maximum atomic E-state index is 12.9. The van der Waals surface area contributed by atoms with Gasteiger partial charge in [0.2, 0.25) is 5.91 Å². The van der Waals surface area contributed by atoms with Gasteiger partial charge < -0.3 is 9.47 Å². The van der Waals surface area contributed by atoms with E-state index in [0.29, 0.717) is 24.3 Å². The molecule has 1 aromatic carbocycles. The molecule has 1 aromatic heterocycles. The molecule has 1 saturated heterocycles. The maximum absolute atomic E-state index is 12.9. The third-order valence-electron chi connectivity index (χ3n) is 6.90. The van der Waals surface area contributed by atoms with Crippen molar-refractivity contribution in [2.45, 2.75) is 63.3 Å². The zero-order valence-corrected chi connectivity index (χ0v) is 15.9. The molecule has 2 aromatic rings. The Hall–Kier alpha value is -2.17. The minimum Gasteiger partial charge on any atom is -0.341 e. The number of benzene rings is 1. The molecule has 0 bridgehead atoms. The van der Waals surface area contributed by atoms with Crippen molar-refractivity contribution in [3.63, 3.8) is 0 Å². The molecule has 0 radical (unpaired) electrons. The summed E-state index contributed by atoms with van der Waals surface area (Å²) >= 11 is 0. The number of aromatic nitrogens is 3. The van der Waals surface area contributed by atoms with Gasteiger partial charge in [-0.25, -0.2) is 0 Å². The first-order valence-corrected chi connectivity index (χ1v) is 10.5. The molecule has 1 amide bonds. The molecule has 3 aliphatic rings. The minimum absolute atomic E-state index is 0.259. The highest BCUT2D eigenvalue weighted by Gasteiger charge is 2.53. The zero-order valence-electron chi connectivity index (χ0n) is 15.9. The van der Waals surface area contributed by atoms with Crippen LogP contribution in [0.1, 0.15) is 68.3 Å². The summed E-state index contributed by atoms with van der Waals surface area (Å²) in [5.41, 5.74) is 1.58. The first kappa shape index (κ1) is 17.0. The van der Waals surface area contributed by atoms with E-state index in [1.165, 1.54) is 37.7 Å². The Morgan fingerprint density at radius 3 is 2.70 bits per heavy atom. The average molecular weight is 364 g/mol. The van der Waals surface area contributed by atoms with E-state index >= 15 is 0 Å². The number of aryl methyl sites for hydroxylation is 1. The molecule has 3 fully saturated rings. The Morgan fingerprint density at radius 2 is 2.00 bits per heavy atom. The highest BCUT2D eigenvalue weighted by molar-refractivity contribution is 5.76. The molecule has 5 heteroatoms. The van der Waals surface area contributed by atoms with Crippen LogP contribution < -0.4 is 0 Å². The van der Waals surface area contributed by atoms with Crippen molar-refractivity contribution in [1.82, 2.24) is 19.7 Å². The van der Waals surface area contributed by atoms with Crippen LogP contribution in [0.25, 0.3) is 0 Å². The Kier molecular flexibility index (Phi) is 4.25. The highest BCUT2D eigenvalue weighted by atomic mass is 16.2. The van der Waals surface area contributed by atoms with Crippen molar-refractivity contribution < 1.29 is 4.79 Å². The van der Waals surface area contributed by atoms with Crippen LogP contribution in [-0.4, -0.2) is 38.7 Å². The van der Waals surface area contributed by atoms with Gasteiger partial charge in [0.25, 0.3) is 0 Å². The first-order valence-electron chi connectivity index (χ1n) is 10.5. The monoisotopic (exact) mass is 364 g/mol. The number of likely N-dealkylation sites (tertiary alicyclic amines) is 1. The standard InChI is InChI=1S/C22H28N4O/c27-20(9-4-8-17-6-2-1-3-7-17)25-14-19(22(15-25)12-5-13-22)21-24-23-16-26(21)18-10-11-18/h1-3,6-7,16,18-19H,4-5,8-15H2. The maximum Gasteiger partial charge on any atom is 0.222 e. The van der Waals surface area contributed by atoms with Gasteiger partial charge in [0.15, 0.2) is 0 Å². The van der Waals surface area contributed by atoms with Crippen LogP contribution in [0.4, 0.5) is 0 Å². The average Bonchev–Trinajstić information content (AvgIpc) is 3.24. The van der Waals surface area contributed by atoms with Crippen LogP contribution in [0, 0.1) is 5.41 Å². The van der Waals surface area contributed by atoms with Crippen LogP contribution in [0.15, 0.2) is 36.7 Å². The van der Waals surface area contributed by atoms with Gasteiger partial charge in [0.05, 0.1) is 0 Å². The molecule has 2 aliphatic carbocycles. The quantitative estimate of drug-likeness (QED) is 0.785. The summed E-state index contributed by atoms with van der Waals surface area (Å²) in [6.07, 6.45) is 10.7. The van der Waals surface area contributed by atoms with Crippen LogP contribution in [0.2, 0.25) is 0 Å². The smallest absolute Gasteiger partial charge is 0.222 e. The summed E-state index contributed by atoms with van der Waals surface area (Å²) in [6, 6.07) is 11.1. The first-order chi connectivity index (χ1) is 13.3. The van der Waals surface area contributed by atoms with E-state index in [1.54, 1.807) is 0 Å². The normalized spacial score (nSPS) is 23.6. The molecule has 27 heavy (non-hydrogen) atoms. The molecular weight excluding hydrogens is 336 g/mol. The number of hydrogen-bond donors (Lipinski definition) is 0. The summed E-state index contributed by atoms with van der Waals surface area (Å²) in [5, 5.41) is 8.72. The predicted molar refractivity (Wildman–Crippen MR) is 103 cm³/mol. The molecule has 2 heterocycles. The fourth-order valence-corrected chi connectivity index (χ4v) is 5.03. The van der Waals surface area contributed by atoms with E-state index < -0.39 is 0 Å². The van der Waals surface area contributed by atoms with E-state index in [-0.39, 0.29) is 5.41 Å². The van der Waals surface area contributed by atoms with Gasteiger partial charge >= 0.3 is 0 Å². The van der Waals surface area contributed by atoms with Crippen LogP contribution in [0.5, 0.6) is 0 Å². The van der Waals surface area contributed by atoms with E-state index in [9.17, 15) is 4.79 Å². The van der Waals surface area contributed by atoms with Crippen molar-refractivity contribution in [2.75, 3.05) is 13.1 Å². The minimum atomic E-state index is 0.259. The number of carbonyl (C=O) groups excluding carboxylic acids is 1. The highest BCUT2D eigenvalue weighted by Crippen LogP contribution is 2.56. The van der Waals surface area contributed by atoms with Gasteiger partial charge in [0, 0.05) is 31.5 Å². The molecule has 1 atom stereocenters. The van der Waals surface area contributed by atoms with E-state index in [0.717, 1.165) is 31.8 Å². The molecular formula is C22H28N4O. The summed E-state index contributed by atoms with van der Waals surface area (Å²) < 4.78 is 2.30. The van der Waals surface area contributed by atoms with Gasteiger partial charge in [0.1, 0.15) is 12.2 Å². The number of amides is 1. The summed E-state index contributed by atoms with van der Waals surface area (Å²) in [7, 11) is 0. The molecule has 1 spiro atoms. The Labute approximate surface area is 160 Å². The molecule has 2 saturated carbocycles. The topological polar surface area (TPSA) is 51.0 Å². The fourth-order valence-electron chi connectivity index (χ4n) is 5.03. The van der Waals surface area contributed by atoms with Crippen molar-refractivity contribution >= 4 is 5.91 Å². The lowest BCUT2D eigenvalue weighted by Gasteiger charge is -2.42. The number of hydrogen-bond acceptors (Lipinski definition) is 3. The van der Waals surface area contributed by atoms with Crippen LogP contribution in [0.3, 0.4) is 0 Å². The summed E-state index contributed by atoms with van der Waals surface area (Å²) in [6.45, 7) is 1.74. The molecule has 5 rings (SSSR count). The van der Waals surface area contributed by atoms with Crippen molar-refractivity contribution in [1.29, 1.82) is 0 Å². The molecule has 1 aliphatic heterocycles. The molecule has 0 N–H and O–H groups in total. The van der Waals surface area contributed by atoms with Gasteiger partial charge in [-0.15, -0.1) is 10.2 Å². The van der Waals surface area contributed by atoms with Crippen molar-refractivity contribution in [2.24, 2.45) is 5.41 Å². The third-order valence-corrected chi connectivity index (χ3v) is 6.90. The van der Waals surface area contributed by atoms with Crippen molar-refractivity contribution in [3.05, 3.63) is 48.0 Å². The Morgan fingerprint density at radius 1 is 1.19 bits per heavy atom. The molecule has 142 valence electrons. The van der Waals surface area contributed by atoms with E-state index in [4.69, 9.17) is 0 Å². The van der Waals surface area contributed by atoms with Crippen LogP contribution >= 0.6 is 0 Å². The Bertz CT molecular complexity index is 807. The van der Waals surface area contributed by atoms with Gasteiger partial charge in [-0.1, -0.05) is 36.8 Å². The van der Waals surface area contributed by atoms with Gasteiger partial charge in [-0.2, -0.15) is 0 Å². The van der Waals surface area contributed by atoms with E-state index in [1.807, 2.05) is 12.4 Å². The zero-order chi connectivity index (χ0) is 18.3. The van der Waals surface area contributed by atoms with Gasteiger partial charge in [-0.3, -0.25) is 4.79 Å². The SMILES string of the molecule is O=C(CCCc1ccccc1)N1CC(c2nncn2C2CC2)C2(CCC2)C1. The second-order valence-corrected chi connectivity index (χ2v) is 8.71. The molecule has 1 unspecified atom stereocenters. The van der Waals surface area contributed by atoms with Crippen molar-refractivity contribution in [3.8, 4) is 0 Å². The van der Waals surface area contributed by atoms with Gasteiger partial charge in [-0.05, 0) is 49.5 Å². The second-order valence-electron chi connectivity index (χ2n) is 8.71. The molecule has 5 nitrogen and oxygen atoms in total. The lowest BCUT2D eigenvalue weighted by molar-refractivity contribution is -0.130. The van der Waals surface area contributed by atoms with Crippen LogP contribution in [-0.2, 0) is 11.2 Å². The summed E-state index contributed by atoms with van der Waals surface area (Å²) in [5.74, 6) is 1.82. The number of nitrogens with zero attached hydrogens (tertiary/aromatic N) is 4. The summed E-state index contributed by atoms with van der Waals surface area (Å²) in [4.78, 5) is 15.0. The lowest BCUT2D eigenvalue weighted by Crippen LogP contribution is -2.38. The van der Waals surface area contributed by atoms with E-state index in [2.05, 4.69) is 43.9 Å². The predicted octanol–water partition coefficient (Wildman–Crippen LogP) is 3.73. The fraction of sp³-hybridized carbons (Fsp3) is 0.591. The number of rotatable bonds is 6. The largest absolute Gasteiger partial charge is 0.341 e. The third kappa shape index (κ3) is 3.17. The Balaban J connectivity index is 1.25. The number of carbonyl (C=O) groups is 1. The lowest BCUT2D eigenvalue weighted by atomic mass is 9.62.